The maximum atomic E-state index is 12.5. The van der Waals surface area contributed by atoms with Crippen molar-refractivity contribution in [3.05, 3.63) is 82.6 Å². The second-order valence-electron chi connectivity index (χ2n) is 7.07. The molecule has 7 heteroatoms. The first-order valence-corrected chi connectivity index (χ1v) is 9.76. The number of hydrogen-bond acceptors (Lipinski definition) is 4. The van der Waals surface area contributed by atoms with Crippen LogP contribution in [-0.2, 0) is 13.1 Å². The third-order valence-corrected chi connectivity index (χ3v) is 5.29. The molecule has 1 amide bonds. The average molecular weight is 396 g/mol. The third-order valence-electron chi connectivity index (χ3n) is 4.92. The Labute approximate surface area is 169 Å². The fourth-order valence-electron chi connectivity index (χ4n) is 3.48. The van der Waals surface area contributed by atoms with E-state index in [0.717, 1.165) is 31.6 Å². The Bertz CT molecular complexity index is 943. The molecule has 1 aliphatic rings. The van der Waals surface area contributed by atoms with E-state index in [1.54, 1.807) is 10.9 Å². The lowest BCUT2D eigenvalue weighted by Crippen LogP contribution is -2.37. The second kappa shape index (κ2) is 8.54. The van der Waals surface area contributed by atoms with Crippen molar-refractivity contribution in [2.75, 3.05) is 13.1 Å². The number of amides is 1. The van der Waals surface area contributed by atoms with Gasteiger partial charge in [-0.1, -0.05) is 65.3 Å². The molecule has 0 aliphatic carbocycles. The fourth-order valence-corrected chi connectivity index (χ4v) is 3.67. The molecule has 1 fully saturated rings. The van der Waals surface area contributed by atoms with E-state index < -0.39 is 0 Å². The van der Waals surface area contributed by atoms with Crippen LogP contribution in [0.25, 0.3) is 0 Å². The van der Waals surface area contributed by atoms with Gasteiger partial charge in [0.25, 0.3) is 5.91 Å². The summed E-state index contributed by atoms with van der Waals surface area (Å²) in [6, 6.07) is 18.1. The van der Waals surface area contributed by atoms with Crippen molar-refractivity contribution in [2.45, 2.75) is 25.6 Å². The summed E-state index contributed by atoms with van der Waals surface area (Å²) < 4.78 is 1.63. The van der Waals surface area contributed by atoms with Crippen molar-refractivity contribution < 1.29 is 4.79 Å². The predicted octanol–water partition coefficient (Wildman–Crippen LogP) is 2.98. The number of rotatable bonds is 6. The molecule has 0 bridgehead atoms. The summed E-state index contributed by atoms with van der Waals surface area (Å²) >= 11 is 6.18. The first kappa shape index (κ1) is 18.7. The summed E-state index contributed by atoms with van der Waals surface area (Å²) in [5, 5.41) is 11.8. The van der Waals surface area contributed by atoms with Gasteiger partial charge in [-0.25, -0.2) is 4.68 Å². The number of nitrogens with one attached hydrogen (secondary N) is 1. The smallest absolute Gasteiger partial charge is 0.273 e. The van der Waals surface area contributed by atoms with Crippen LogP contribution in [0.15, 0.2) is 60.8 Å². The minimum atomic E-state index is -0.183. The van der Waals surface area contributed by atoms with Gasteiger partial charge in [0.15, 0.2) is 5.69 Å². The van der Waals surface area contributed by atoms with Gasteiger partial charge in [-0.05, 0) is 23.6 Å². The van der Waals surface area contributed by atoms with Gasteiger partial charge < -0.3 is 5.32 Å². The molecule has 1 aliphatic heterocycles. The lowest BCUT2D eigenvalue weighted by Gasteiger charge is -2.16. The molecule has 3 aromatic rings. The molecule has 0 radical (unpaired) electrons. The number of hydrogen-bond donors (Lipinski definition) is 1. The highest BCUT2D eigenvalue weighted by Crippen LogP contribution is 2.16. The first-order chi connectivity index (χ1) is 13.7. The molecular formula is C21H22ClN5O. The highest BCUT2D eigenvalue weighted by Gasteiger charge is 2.25. The van der Waals surface area contributed by atoms with Crippen molar-refractivity contribution in [3.63, 3.8) is 0 Å². The van der Waals surface area contributed by atoms with E-state index in [2.05, 4.69) is 44.8 Å². The van der Waals surface area contributed by atoms with Crippen LogP contribution in [0.4, 0.5) is 0 Å². The maximum Gasteiger partial charge on any atom is 0.273 e. The van der Waals surface area contributed by atoms with Crippen LogP contribution >= 0.6 is 11.6 Å². The van der Waals surface area contributed by atoms with Crippen molar-refractivity contribution in [1.82, 2.24) is 25.2 Å². The molecule has 2 aromatic carbocycles. The van der Waals surface area contributed by atoms with Gasteiger partial charge in [-0.3, -0.25) is 9.69 Å². The molecule has 28 heavy (non-hydrogen) atoms. The van der Waals surface area contributed by atoms with E-state index >= 15 is 0 Å². The molecule has 144 valence electrons. The van der Waals surface area contributed by atoms with Crippen LogP contribution in [0.3, 0.4) is 0 Å². The zero-order chi connectivity index (χ0) is 19.3. The summed E-state index contributed by atoms with van der Waals surface area (Å²) in [7, 11) is 0. The number of halogens is 1. The van der Waals surface area contributed by atoms with Crippen LogP contribution in [0.5, 0.6) is 0 Å². The molecular weight excluding hydrogens is 374 g/mol. The SMILES string of the molecule is O=C(NC1CCN(Cc2ccccc2)C1)c1cn(Cc2ccccc2Cl)nn1. The van der Waals surface area contributed by atoms with Crippen molar-refractivity contribution in [3.8, 4) is 0 Å². The Hall–Kier alpha value is -2.70. The standard InChI is InChI=1S/C21H22ClN5O/c22-19-9-5-4-8-17(19)13-27-15-20(24-25-27)21(28)23-18-10-11-26(14-18)12-16-6-2-1-3-7-16/h1-9,15,18H,10-14H2,(H,23,28). The van der Waals surface area contributed by atoms with Gasteiger partial charge in [0.2, 0.25) is 0 Å². The zero-order valence-electron chi connectivity index (χ0n) is 15.5. The Balaban J connectivity index is 1.31. The van der Waals surface area contributed by atoms with Gasteiger partial charge in [0.1, 0.15) is 0 Å². The van der Waals surface area contributed by atoms with E-state index in [4.69, 9.17) is 11.6 Å². The molecule has 2 heterocycles. The Morgan fingerprint density at radius 1 is 1.11 bits per heavy atom. The number of benzene rings is 2. The van der Waals surface area contributed by atoms with E-state index in [1.165, 1.54) is 5.56 Å². The minimum absolute atomic E-state index is 0.130. The second-order valence-corrected chi connectivity index (χ2v) is 7.48. The summed E-state index contributed by atoms with van der Waals surface area (Å²) in [6.07, 6.45) is 2.60. The first-order valence-electron chi connectivity index (χ1n) is 9.38. The van der Waals surface area contributed by atoms with Crippen molar-refractivity contribution >= 4 is 17.5 Å². The number of likely N-dealkylation sites (tertiary alicyclic amines) is 1. The average Bonchev–Trinajstić information content (AvgIpc) is 3.34. The summed E-state index contributed by atoms with van der Waals surface area (Å²) in [5.74, 6) is -0.183. The van der Waals surface area contributed by atoms with Crippen LogP contribution in [0.2, 0.25) is 5.02 Å². The minimum Gasteiger partial charge on any atom is -0.347 e. The molecule has 1 unspecified atom stereocenters. The lowest BCUT2D eigenvalue weighted by atomic mass is 10.2. The van der Waals surface area contributed by atoms with Gasteiger partial charge in [0.05, 0.1) is 12.7 Å². The van der Waals surface area contributed by atoms with Crippen LogP contribution in [-0.4, -0.2) is 44.9 Å². The predicted molar refractivity (Wildman–Crippen MR) is 108 cm³/mol. The zero-order valence-corrected chi connectivity index (χ0v) is 16.2. The molecule has 4 rings (SSSR count). The van der Waals surface area contributed by atoms with Gasteiger partial charge in [-0.2, -0.15) is 0 Å². The molecule has 0 saturated carbocycles. The topological polar surface area (TPSA) is 63.1 Å². The van der Waals surface area contributed by atoms with Crippen LogP contribution in [0, 0.1) is 0 Å². The number of aromatic nitrogens is 3. The molecule has 0 spiro atoms. The number of carbonyl (C=O) groups is 1. The van der Waals surface area contributed by atoms with Crippen molar-refractivity contribution in [1.29, 1.82) is 0 Å². The van der Waals surface area contributed by atoms with E-state index in [9.17, 15) is 4.79 Å². The lowest BCUT2D eigenvalue weighted by molar-refractivity contribution is 0.0932. The highest BCUT2D eigenvalue weighted by molar-refractivity contribution is 6.31. The monoisotopic (exact) mass is 395 g/mol. The maximum absolute atomic E-state index is 12.5. The molecule has 6 nitrogen and oxygen atoms in total. The normalized spacial score (nSPS) is 17.0. The van der Waals surface area contributed by atoms with Crippen LogP contribution < -0.4 is 5.32 Å². The van der Waals surface area contributed by atoms with E-state index in [-0.39, 0.29) is 11.9 Å². The van der Waals surface area contributed by atoms with Gasteiger partial charge >= 0.3 is 0 Å². The van der Waals surface area contributed by atoms with Crippen LogP contribution in [0.1, 0.15) is 28.0 Å². The molecule has 1 aromatic heterocycles. The van der Waals surface area contributed by atoms with Gasteiger partial charge in [-0.15, -0.1) is 5.10 Å². The fraction of sp³-hybridized carbons (Fsp3) is 0.286. The van der Waals surface area contributed by atoms with E-state index in [1.807, 2.05) is 30.3 Å². The molecule has 1 atom stereocenters. The summed E-state index contributed by atoms with van der Waals surface area (Å²) in [5.41, 5.74) is 2.55. The summed E-state index contributed by atoms with van der Waals surface area (Å²) in [6.45, 7) is 3.20. The van der Waals surface area contributed by atoms with Crippen molar-refractivity contribution in [2.24, 2.45) is 0 Å². The Kier molecular flexibility index (Phi) is 5.69. The molecule has 1 saturated heterocycles. The molecule has 1 N–H and O–H groups in total. The number of nitrogens with zero attached hydrogens (tertiary/aromatic N) is 4. The Morgan fingerprint density at radius 3 is 2.71 bits per heavy atom. The van der Waals surface area contributed by atoms with E-state index in [0.29, 0.717) is 17.3 Å². The Morgan fingerprint density at radius 2 is 1.89 bits per heavy atom. The summed E-state index contributed by atoms with van der Waals surface area (Å²) in [4.78, 5) is 14.9. The quantitative estimate of drug-likeness (QED) is 0.697. The number of carbonyl (C=O) groups excluding carboxylic acids is 1. The third kappa shape index (κ3) is 4.58. The largest absolute Gasteiger partial charge is 0.347 e. The highest BCUT2D eigenvalue weighted by atomic mass is 35.5. The van der Waals surface area contributed by atoms with Gasteiger partial charge in [0, 0.05) is 30.7 Å².